The smallest absolute Gasteiger partial charge is 0.267 e. The molecular formula is C21H22N4O3. The fourth-order valence-corrected chi connectivity index (χ4v) is 3.57. The minimum atomic E-state index is -1.62. The highest BCUT2D eigenvalue weighted by atomic mass is 16.5. The molecule has 0 aliphatic carbocycles. The highest BCUT2D eigenvalue weighted by Crippen LogP contribution is 2.26. The average Bonchev–Trinajstić information content (AvgIpc) is 3.21. The van der Waals surface area contributed by atoms with E-state index in [4.69, 9.17) is 10.5 Å². The predicted octanol–water partition coefficient (Wildman–Crippen LogP) is 0.819. The lowest BCUT2D eigenvalue weighted by atomic mass is 10.0. The Morgan fingerprint density at radius 1 is 1.46 bits per heavy atom. The molecule has 0 unspecified atom stereocenters. The molecule has 2 aliphatic heterocycles. The van der Waals surface area contributed by atoms with E-state index in [0.29, 0.717) is 43.1 Å². The van der Waals surface area contributed by atoms with Crippen LogP contribution in [0.2, 0.25) is 0 Å². The van der Waals surface area contributed by atoms with E-state index < -0.39 is 5.60 Å². The van der Waals surface area contributed by atoms with Crippen LogP contribution in [0.1, 0.15) is 28.9 Å². The second kappa shape index (κ2) is 6.82. The van der Waals surface area contributed by atoms with Gasteiger partial charge in [0.05, 0.1) is 30.3 Å². The first kappa shape index (κ1) is 18.3. The lowest BCUT2D eigenvalue weighted by Gasteiger charge is -2.15. The summed E-state index contributed by atoms with van der Waals surface area (Å²) in [4.78, 5) is 13.6. The van der Waals surface area contributed by atoms with Crippen LogP contribution in [0.15, 0.2) is 30.8 Å². The summed E-state index contributed by atoms with van der Waals surface area (Å²) in [7, 11) is 1.66. The van der Waals surface area contributed by atoms with Gasteiger partial charge in [-0.1, -0.05) is 24.5 Å². The number of nitrogens with two attached hydrogens (primary N) is 1. The first-order chi connectivity index (χ1) is 13.4. The quantitative estimate of drug-likeness (QED) is 0.755. The van der Waals surface area contributed by atoms with Gasteiger partial charge in [0.25, 0.3) is 5.91 Å². The number of aromatic nitrogens is 2. The number of hydrogen-bond acceptors (Lipinski definition) is 5. The fraction of sp³-hybridized carbons (Fsp3) is 0.333. The summed E-state index contributed by atoms with van der Waals surface area (Å²) in [5.41, 5.74) is 8.93. The predicted molar refractivity (Wildman–Crippen MR) is 104 cm³/mol. The molecule has 1 atom stereocenters. The highest BCUT2D eigenvalue weighted by Gasteiger charge is 2.42. The third-order valence-electron chi connectivity index (χ3n) is 5.14. The number of carbonyl (C=O) groups is 1. The lowest BCUT2D eigenvalue weighted by Crippen LogP contribution is -2.37. The molecule has 28 heavy (non-hydrogen) atoms. The number of hydrogen-bond donors (Lipinski definition) is 2. The zero-order chi connectivity index (χ0) is 19.9. The molecular weight excluding hydrogens is 356 g/mol. The van der Waals surface area contributed by atoms with E-state index in [2.05, 4.69) is 23.5 Å². The number of likely N-dealkylation sites (tertiary alicyclic amines) is 1. The number of benzene rings is 1. The molecule has 1 aromatic heterocycles. The van der Waals surface area contributed by atoms with Crippen molar-refractivity contribution >= 4 is 11.6 Å². The maximum atomic E-state index is 12.1. The summed E-state index contributed by atoms with van der Waals surface area (Å²) >= 11 is 0. The van der Waals surface area contributed by atoms with E-state index in [-0.39, 0.29) is 5.91 Å². The van der Waals surface area contributed by atoms with Crippen LogP contribution in [0.4, 0.5) is 0 Å². The van der Waals surface area contributed by atoms with Gasteiger partial charge in [-0.15, -0.1) is 0 Å². The molecule has 2 aliphatic rings. The summed E-state index contributed by atoms with van der Waals surface area (Å²) in [6.45, 7) is 5.40. The van der Waals surface area contributed by atoms with Crippen molar-refractivity contribution in [2.45, 2.75) is 25.0 Å². The third kappa shape index (κ3) is 3.07. The van der Waals surface area contributed by atoms with Crippen LogP contribution < -0.4 is 5.73 Å². The molecule has 0 saturated carbocycles. The van der Waals surface area contributed by atoms with E-state index >= 15 is 0 Å². The van der Waals surface area contributed by atoms with Gasteiger partial charge in [0, 0.05) is 31.1 Å². The summed E-state index contributed by atoms with van der Waals surface area (Å²) in [6.07, 6.45) is 1.05. The van der Waals surface area contributed by atoms with Gasteiger partial charge in [-0.3, -0.25) is 4.79 Å². The van der Waals surface area contributed by atoms with Gasteiger partial charge < -0.3 is 20.5 Å². The number of amides is 1. The van der Waals surface area contributed by atoms with Crippen molar-refractivity contribution in [2.75, 3.05) is 20.2 Å². The zero-order valence-electron chi connectivity index (χ0n) is 15.7. The molecule has 1 fully saturated rings. The highest BCUT2D eigenvalue weighted by molar-refractivity contribution is 5.90. The summed E-state index contributed by atoms with van der Waals surface area (Å²) in [5.74, 6) is 5.32. The monoisotopic (exact) mass is 378 g/mol. The van der Waals surface area contributed by atoms with E-state index in [1.54, 1.807) is 11.7 Å². The Balaban J connectivity index is 1.71. The standard InChI is InChI=1S/C21H22N4O3/c1-14(22)19-17-7-11-28-13-18(17)25(23-19)16-5-3-4-15(12-16)6-8-21(27)9-10-24(2)20(21)26/h3-5,12,27H,1,7,9-11,13,22H2,2H3/t21-/m0/s1. The van der Waals surface area contributed by atoms with E-state index in [9.17, 15) is 9.90 Å². The number of nitrogens with zero attached hydrogens (tertiary/aromatic N) is 3. The fourth-order valence-electron chi connectivity index (χ4n) is 3.57. The molecule has 0 bridgehead atoms. The Kier molecular flexibility index (Phi) is 4.46. The van der Waals surface area contributed by atoms with Crippen LogP contribution >= 0.6 is 0 Å². The van der Waals surface area contributed by atoms with Crippen LogP contribution in [0.3, 0.4) is 0 Å². The second-order valence-electron chi connectivity index (χ2n) is 7.15. The minimum absolute atomic E-state index is 0.307. The zero-order valence-corrected chi connectivity index (χ0v) is 15.7. The van der Waals surface area contributed by atoms with Crippen LogP contribution in [-0.2, 0) is 22.6 Å². The van der Waals surface area contributed by atoms with Crippen molar-refractivity contribution in [3.8, 4) is 17.5 Å². The van der Waals surface area contributed by atoms with Gasteiger partial charge in [0.1, 0.15) is 5.69 Å². The molecule has 0 spiro atoms. The van der Waals surface area contributed by atoms with Gasteiger partial charge in [-0.05, 0) is 24.6 Å². The van der Waals surface area contributed by atoms with Gasteiger partial charge in [0.2, 0.25) is 5.60 Å². The third-order valence-corrected chi connectivity index (χ3v) is 5.14. The number of likely N-dealkylation sites (N-methyl/N-ethyl adjacent to an activating group) is 1. The topological polar surface area (TPSA) is 93.6 Å². The van der Waals surface area contributed by atoms with Crippen LogP contribution in [-0.4, -0.2) is 51.5 Å². The van der Waals surface area contributed by atoms with Gasteiger partial charge in [0.15, 0.2) is 0 Å². The van der Waals surface area contributed by atoms with E-state index in [0.717, 1.165) is 23.4 Å². The van der Waals surface area contributed by atoms with Crippen molar-refractivity contribution < 1.29 is 14.6 Å². The molecule has 3 heterocycles. The van der Waals surface area contributed by atoms with Crippen LogP contribution in [0, 0.1) is 11.8 Å². The van der Waals surface area contributed by atoms with Crippen molar-refractivity contribution in [3.05, 3.63) is 53.4 Å². The first-order valence-corrected chi connectivity index (χ1v) is 9.14. The first-order valence-electron chi connectivity index (χ1n) is 9.14. The molecule has 7 heteroatoms. The van der Waals surface area contributed by atoms with Gasteiger partial charge >= 0.3 is 0 Å². The molecule has 0 radical (unpaired) electrons. The normalized spacial score (nSPS) is 21.2. The molecule has 144 valence electrons. The lowest BCUT2D eigenvalue weighted by molar-refractivity contribution is -0.137. The van der Waals surface area contributed by atoms with Crippen molar-refractivity contribution in [1.82, 2.24) is 14.7 Å². The van der Waals surface area contributed by atoms with Gasteiger partial charge in [-0.25, -0.2) is 4.68 Å². The number of ether oxygens (including phenoxy) is 1. The van der Waals surface area contributed by atoms with Crippen molar-refractivity contribution in [1.29, 1.82) is 0 Å². The average molecular weight is 378 g/mol. The molecule has 1 amide bonds. The Hall–Kier alpha value is -3.08. The number of carbonyl (C=O) groups excluding carboxylic acids is 1. The molecule has 7 nitrogen and oxygen atoms in total. The van der Waals surface area contributed by atoms with Crippen molar-refractivity contribution in [2.24, 2.45) is 5.73 Å². The van der Waals surface area contributed by atoms with E-state index in [1.807, 2.05) is 24.3 Å². The Bertz CT molecular complexity index is 1030. The Labute approximate surface area is 163 Å². The summed E-state index contributed by atoms with van der Waals surface area (Å²) < 4.78 is 7.40. The van der Waals surface area contributed by atoms with Crippen molar-refractivity contribution in [3.63, 3.8) is 0 Å². The molecule has 4 rings (SSSR count). The number of aliphatic hydroxyl groups is 1. The summed E-state index contributed by atoms with van der Waals surface area (Å²) in [5, 5.41) is 15.1. The number of fused-ring (bicyclic) bond motifs is 1. The SMILES string of the molecule is C=C(N)c1nn(-c2cccc(C#C[C@]3(O)CCN(C)C3=O)c2)c2c1CCOC2. The number of rotatable bonds is 2. The Morgan fingerprint density at radius 2 is 2.29 bits per heavy atom. The van der Waals surface area contributed by atoms with Gasteiger partial charge in [-0.2, -0.15) is 5.10 Å². The van der Waals surface area contributed by atoms with E-state index in [1.165, 1.54) is 4.90 Å². The summed E-state index contributed by atoms with van der Waals surface area (Å²) in [6, 6.07) is 7.47. The van der Waals surface area contributed by atoms with Crippen LogP contribution in [0.25, 0.3) is 11.4 Å². The molecule has 1 aromatic carbocycles. The maximum Gasteiger partial charge on any atom is 0.267 e. The second-order valence-corrected chi connectivity index (χ2v) is 7.15. The minimum Gasteiger partial charge on any atom is -0.397 e. The molecule has 2 aromatic rings. The largest absolute Gasteiger partial charge is 0.397 e. The molecule has 3 N–H and O–H groups in total. The maximum absolute atomic E-state index is 12.1. The van der Waals surface area contributed by atoms with Crippen LogP contribution in [0.5, 0.6) is 0 Å². The molecule has 1 saturated heterocycles. The Morgan fingerprint density at radius 3 is 3.00 bits per heavy atom.